The number of carbonyl (C=O) groups excluding carboxylic acids is 2. The fourth-order valence-electron chi connectivity index (χ4n) is 2.51. The summed E-state index contributed by atoms with van der Waals surface area (Å²) in [6, 6.07) is 18.5. The molecule has 126 valence electrons. The van der Waals surface area contributed by atoms with Crippen molar-refractivity contribution in [2.45, 2.75) is 12.8 Å². The summed E-state index contributed by atoms with van der Waals surface area (Å²) in [5, 5.41) is 10.7. The third-order valence-corrected chi connectivity index (χ3v) is 4.82. The van der Waals surface area contributed by atoms with Gasteiger partial charge in [-0.2, -0.15) is 0 Å². The van der Waals surface area contributed by atoms with Gasteiger partial charge in [0, 0.05) is 12.0 Å². The highest BCUT2D eigenvalue weighted by molar-refractivity contribution is 8.14. The Morgan fingerprint density at radius 2 is 1.68 bits per heavy atom. The molecule has 0 saturated heterocycles. The van der Waals surface area contributed by atoms with Crippen LogP contribution < -0.4 is 0 Å². The summed E-state index contributed by atoms with van der Waals surface area (Å²) in [5.74, 6) is -0.225. The molecule has 2 aromatic rings. The maximum atomic E-state index is 12.2. The lowest BCUT2D eigenvalue weighted by Crippen LogP contribution is -2.17. The number of rotatable bonds is 5. The summed E-state index contributed by atoms with van der Waals surface area (Å²) in [4.78, 5) is 28.4. The SMILES string of the molecule is O=C1N=C(SCC(=O)c2ccccc2)CC(O)=C1Cc1ccccc1. The quantitative estimate of drug-likeness (QED) is 0.827. The molecule has 0 saturated carbocycles. The number of Topliss-reactive ketones (excluding diaryl/α,β-unsaturated/α-hetero) is 1. The standard InChI is InChI=1S/C20H17NO3S/c22-17-12-19(25-13-18(23)15-9-5-2-6-10-15)21-20(24)16(17)11-14-7-3-1-4-8-14/h1-10,22H,11-13H2. The van der Waals surface area contributed by atoms with E-state index in [0.29, 0.717) is 22.6 Å². The van der Waals surface area contributed by atoms with Crippen molar-refractivity contribution in [3.05, 3.63) is 83.1 Å². The summed E-state index contributed by atoms with van der Waals surface area (Å²) >= 11 is 1.20. The highest BCUT2D eigenvalue weighted by atomic mass is 32.2. The number of ketones is 1. The number of aliphatic hydroxyl groups is 1. The van der Waals surface area contributed by atoms with E-state index in [-0.39, 0.29) is 23.7 Å². The maximum Gasteiger partial charge on any atom is 0.277 e. The number of hydrogen-bond acceptors (Lipinski definition) is 4. The van der Waals surface area contributed by atoms with Crippen LogP contribution in [0.2, 0.25) is 0 Å². The average Bonchev–Trinajstić information content (AvgIpc) is 2.64. The fraction of sp³-hybridized carbons (Fsp3) is 0.150. The molecule has 1 N–H and O–H groups in total. The van der Waals surface area contributed by atoms with Gasteiger partial charge in [-0.3, -0.25) is 9.59 Å². The van der Waals surface area contributed by atoms with E-state index in [1.54, 1.807) is 12.1 Å². The van der Waals surface area contributed by atoms with E-state index in [9.17, 15) is 14.7 Å². The van der Waals surface area contributed by atoms with Gasteiger partial charge in [0.05, 0.1) is 22.8 Å². The second-order valence-electron chi connectivity index (χ2n) is 5.65. The molecule has 0 unspecified atom stereocenters. The van der Waals surface area contributed by atoms with Crippen molar-refractivity contribution < 1.29 is 14.7 Å². The maximum absolute atomic E-state index is 12.2. The van der Waals surface area contributed by atoms with Gasteiger partial charge in [0.25, 0.3) is 5.91 Å². The van der Waals surface area contributed by atoms with Crippen molar-refractivity contribution >= 4 is 28.5 Å². The van der Waals surface area contributed by atoms with Gasteiger partial charge in [0.15, 0.2) is 5.78 Å². The molecule has 0 radical (unpaired) electrons. The number of nitrogens with zero attached hydrogens (tertiary/aromatic N) is 1. The van der Waals surface area contributed by atoms with Gasteiger partial charge in [-0.15, -0.1) is 11.8 Å². The first-order valence-corrected chi connectivity index (χ1v) is 8.90. The summed E-state index contributed by atoms with van der Waals surface area (Å²) in [7, 11) is 0. The smallest absolute Gasteiger partial charge is 0.277 e. The lowest BCUT2D eigenvalue weighted by atomic mass is 10.0. The van der Waals surface area contributed by atoms with Crippen molar-refractivity contribution in [3.63, 3.8) is 0 Å². The zero-order valence-corrected chi connectivity index (χ0v) is 14.3. The molecule has 5 heteroatoms. The van der Waals surface area contributed by atoms with E-state index in [4.69, 9.17) is 0 Å². The molecular formula is C20H17NO3S. The van der Waals surface area contributed by atoms with Gasteiger partial charge in [-0.25, -0.2) is 4.99 Å². The van der Waals surface area contributed by atoms with E-state index in [1.807, 2.05) is 48.5 Å². The Bertz CT molecular complexity index is 842. The molecule has 0 spiro atoms. The van der Waals surface area contributed by atoms with Gasteiger partial charge in [0.2, 0.25) is 0 Å². The van der Waals surface area contributed by atoms with Gasteiger partial charge in [-0.1, -0.05) is 60.7 Å². The Morgan fingerprint density at radius 3 is 2.32 bits per heavy atom. The summed E-state index contributed by atoms with van der Waals surface area (Å²) in [6.45, 7) is 0. The first kappa shape index (κ1) is 17.2. The lowest BCUT2D eigenvalue weighted by Gasteiger charge is -2.15. The molecule has 1 aliphatic heterocycles. The lowest BCUT2D eigenvalue weighted by molar-refractivity contribution is -0.114. The minimum atomic E-state index is -0.428. The highest BCUT2D eigenvalue weighted by Gasteiger charge is 2.23. The number of dihydropyridines is 1. The Morgan fingerprint density at radius 1 is 1.04 bits per heavy atom. The second kappa shape index (κ2) is 7.94. The number of aliphatic hydroxyl groups excluding tert-OH is 1. The predicted molar refractivity (Wildman–Crippen MR) is 100 cm³/mol. The van der Waals surface area contributed by atoms with Crippen molar-refractivity contribution in [2.75, 3.05) is 5.75 Å². The van der Waals surface area contributed by atoms with E-state index >= 15 is 0 Å². The topological polar surface area (TPSA) is 66.7 Å². The number of carbonyl (C=O) groups is 2. The third kappa shape index (κ3) is 4.45. The van der Waals surface area contributed by atoms with Crippen LogP contribution in [0.5, 0.6) is 0 Å². The van der Waals surface area contributed by atoms with Crippen LogP contribution in [0, 0.1) is 0 Å². The molecule has 0 fully saturated rings. The first-order valence-electron chi connectivity index (χ1n) is 7.91. The summed E-state index contributed by atoms with van der Waals surface area (Å²) in [6.07, 6.45) is 0.552. The van der Waals surface area contributed by atoms with Crippen molar-refractivity contribution in [2.24, 2.45) is 4.99 Å². The van der Waals surface area contributed by atoms with E-state index < -0.39 is 5.91 Å². The monoisotopic (exact) mass is 351 g/mol. The predicted octanol–water partition coefficient (Wildman–Crippen LogP) is 3.99. The van der Waals surface area contributed by atoms with E-state index in [0.717, 1.165) is 5.56 Å². The molecule has 1 aliphatic rings. The molecular weight excluding hydrogens is 334 g/mol. The molecule has 0 aromatic heterocycles. The number of allylic oxidation sites excluding steroid dienone is 1. The van der Waals surface area contributed by atoms with Crippen molar-refractivity contribution in [1.82, 2.24) is 0 Å². The Kier molecular flexibility index (Phi) is 5.46. The third-order valence-electron chi connectivity index (χ3n) is 3.84. The van der Waals surface area contributed by atoms with Crippen LogP contribution in [-0.4, -0.2) is 27.6 Å². The normalized spacial score (nSPS) is 14.4. The van der Waals surface area contributed by atoms with Crippen LogP contribution in [0.25, 0.3) is 0 Å². The second-order valence-corrected chi connectivity index (χ2v) is 6.70. The van der Waals surface area contributed by atoms with E-state index in [2.05, 4.69) is 4.99 Å². The van der Waals surface area contributed by atoms with Gasteiger partial charge < -0.3 is 5.11 Å². The molecule has 4 nitrogen and oxygen atoms in total. The zero-order chi connectivity index (χ0) is 17.6. The number of aliphatic imine (C=N–C) groups is 1. The molecule has 0 atom stereocenters. The first-order chi connectivity index (χ1) is 12.1. The highest BCUT2D eigenvalue weighted by Crippen LogP contribution is 2.24. The molecule has 2 aromatic carbocycles. The average molecular weight is 351 g/mol. The van der Waals surface area contributed by atoms with E-state index in [1.165, 1.54) is 11.8 Å². The largest absolute Gasteiger partial charge is 0.511 e. The van der Waals surface area contributed by atoms with Crippen molar-refractivity contribution in [3.8, 4) is 0 Å². The van der Waals surface area contributed by atoms with Gasteiger partial charge in [0.1, 0.15) is 5.76 Å². The van der Waals surface area contributed by atoms with Gasteiger partial charge >= 0.3 is 0 Å². The van der Waals surface area contributed by atoms with Gasteiger partial charge in [-0.05, 0) is 5.56 Å². The molecule has 1 heterocycles. The minimum Gasteiger partial charge on any atom is -0.511 e. The Labute approximate surface area is 150 Å². The Hall–Kier alpha value is -2.66. The summed E-state index contributed by atoms with van der Waals surface area (Å²) in [5.41, 5.74) is 1.90. The number of amides is 1. The molecule has 25 heavy (non-hydrogen) atoms. The number of thioether (sulfide) groups is 1. The number of hydrogen-bond donors (Lipinski definition) is 1. The molecule has 0 aliphatic carbocycles. The van der Waals surface area contributed by atoms with Crippen molar-refractivity contribution in [1.29, 1.82) is 0 Å². The van der Waals surface area contributed by atoms with Crippen LogP contribution in [0.3, 0.4) is 0 Å². The van der Waals surface area contributed by atoms with Crippen LogP contribution >= 0.6 is 11.8 Å². The minimum absolute atomic E-state index is 0.0284. The van der Waals surface area contributed by atoms with Crippen LogP contribution in [0.15, 0.2) is 77.0 Å². The fourth-order valence-corrected chi connectivity index (χ4v) is 3.36. The molecule has 3 rings (SSSR count). The van der Waals surface area contributed by atoms with Crippen LogP contribution in [-0.2, 0) is 11.2 Å². The molecule has 0 bridgehead atoms. The van der Waals surface area contributed by atoms with Crippen LogP contribution in [0.1, 0.15) is 22.3 Å². The number of benzene rings is 2. The van der Waals surface area contributed by atoms with Crippen LogP contribution in [0.4, 0.5) is 0 Å². The molecule has 1 amide bonds. The summed E-state index contributed by atoms with van der Waals surface area (Å²) < 4.78 is 0. The zero-order valence-electron chi connectivity index (χ0n) is 13.5. The Balaban J connectivity index is 1.62.